The summed E-state index contributed by atoms with van der Waals surface area (Å²) < 4.78 is 2.09. The van der Waals surface area contributed by atoms with Crippen LogP contribution in [0.5, 0.6) is 0 Å². The molecule has 2 nitrogen and oxygen atoms in total. The van der Waals surface area contributed by atoms with E-state index >= 15 is 0 Å². The molecule has 0 aliphatic carbocycles. The van der Waals surface area contributed by atoms with Crippen LogP contribution < -0.4 is 0 Å². The van der Waals surface area contributed by atoms with Crippen molar-refractivity contribution >= 4 is 18.2 Å². The SMILES string of the molecule is CC(C)CN1SC=CC1C=O. The highest BCUT2D eigenvalue weighted by atomic mass is 32.2. The normalized spacial score (nSPS) is 24.8. The first-order valence-corrected chi connectivity index (χ1v) is 4.63. The van der Waals surface area contributed by atoms with Crippen LogP contribution in [0.25, 0.3) is 0 Å². The fourth-order valence-electron chi connectivity index (χ4n) is 0.998. The summed E-state index contributed by atoms with van der Waals surface area (Å²) in [6, 6.07) is 0.00222. The van der Waals surface area contributed by atoms with E-state index in [0.29, 0.717) is 5.92 Å². The Hall–Kier alpha value is -0.280. The van der Waals surface area contributed by atoms with Crippen LogP contribution in [0.3, 0.4) is 0 Å². The van der Waals surface area contributed by atoms with Crippen LogP contribution in [0, 0.1) is 5.92 Å². The Morgan fingerprint density at radius 3 is 3.00 bits per heavy atom. The molecule has 1 atom stereocenters. The van der Waals surface area contributed by atoms with Crippen molar-refractivity contribution < 1.29 is 4.79 Å². The van der Waals surface area contributed by atoms with Gasteiger partial charge in [0.05, 0.1) is 6.04 Å². The number of rotatable bonds is 3. The maximum atomic E-state index is 10.5. The minimum absolute atomic E-state index is 0.00222. The number of aldehydes is 1. The van der Waals surface area contributed by atoms with Crippen molar-refractivity contribution in [2.45, 2.75) is 19.9 Å². The highest BCUT2D eigenvalue weighted by Crippen LogP contribution is 2.24. The molecule has 0 spiro atoms. The minimum atomic E-state index is 0.00222. The molecule has 0 aromatic rings. The van der Waals surface area contributed by atoms with Crippen LogP contribution in [0.1, 0.15) is 13.8 Å². The number of carbonyl (C=O) groups excluding carboxylic acids is 1. The van der Waals surface area contributed by atoms with E-state index in [0.717, 1.165) is 12.8 Å². The molecule has 1 rings (SSSR count). The van der Waals surface area contributed by atoms with Crippen molar-refractivity contribution in [3.05, 3.63) is 11.5 Å². The zero-order valence-electron chi connectivity index (χ0n) is 6.86. The van der Waals surface area contributed by atoms with Crippen molar-refractivity contribution in [1.82, 2.24) is 4.31 Å². The van der Waals surface area contributed by atoms with Gasteiger partial charge in [0.25, 0.3) is 0 Å². The predicted octanol–water partition coefficient (Wildman–Crippen LogP) is 1.69. The first kappa shape index (κ1) is 8.81. The van der Waals surface area contributed by atoms with Crippen LogP contribution in [0.4, 0.5) is 0 Å². The second-order valence-electron chi connectivity index (χ2n) is 3.05. The number of hydrogen-bond donors (Lipinski definition) is 0. The number of nitrogens with zero attached hydrogens (tertiary/aromatic N) is 1. The largest absolute Gasteiger partial charge is 0.301 e. The maximum absolute atomic E-state index is 10.5. The summed E-state index contributed by atoms with van der Waals surface area (Å²) in [4.78, 5) is 10.5. The van der Waals surface area contributed by atoms with Gasteiger partial charge in [-0.25, -0.2) is 4.31 Å². The van der Waals surface area contributed by atoms with Gasteiger partial charge in [-0.1, -0.05) is 19.9 Å². The van der Waals surface area contributed by atoms with Gasteiger partial charge < -0.3 is 4.79 Å². The van der Waals surface area contributed by atoms with Crippen molar-refractivity contribution in [2.24, 2.45) is 5.92 Å². The average Bonchev–Trinajstić information content (AvgIpc) is 2.34. The van der Waals surface area contributed by atoms with Crippen LogP contribution in [-0.2, 0) is 4.79 Å². The van der Waals surface area contributed by atoms with E-state index in [1.54, 1.807) is 11.9 Å². The van der Waals surface area contributed by atoms with Gasteiger partial charge in [0, 0.05) is 6.54 Å². The lowest BCUT2D eigenvalue weighted by Crippen LogP contribution is -2.28. The first-order chi connectivity index (χ1) is 5.24. The molecule has 0 amide bonds. The van der Waals surface area contributed by atoms with Gasteiger partial charge in [0.1, 0.15) is 6.29 Å². The van der Waals surface area contributed by atoms with Crippen molar-refractivity contribution in [3.8, 4) is 0 Å². The third-order valence-corrected chi connectivity index (χ3v) is 2.43. The summed E-state index contributed by atoms with van der Waals surface area (Å²) >= 11 is 1.62. The predicted molar refractivity (Wildman–Crippen MR) is 48.1 cm³/mol. The smallest absolute Gasteiger partial charge is 0.141 e. The van der Waals surface area contributed by atoms with Crippen molar-refractivity contribution in [1.29, 1.82) is 0 Å². The Bertz CT molecular complexity index is 167. The van der Waals surface area contributed by atoms with Gasteiger partial charge in [-0.3, -0.25) is 0 Å². The van der Waals surface area contributed by atoms with Crippen LogP contribution in [0.15, 0.2) is 11.5 Å². The van der Waals surface area contributed by atoms with Gasteiger partial charge in [0.2, 0.25) is 0 Å². The topological polar surface area (TPSA) is 20.3 Å². The van der Waals surface area contributed by atoms with E-state index in [4.69, 9.17) is 0 Å². The Kier molecular flexibility index (Phi) is 3.15. The first-order valence-electron chi connectivity index (χ1n) is 3.79. The fourth-order valence-corrected chi connectivity index (χ4v) is 2.03. The standard InChI is InChI=1S/C8H13NOS/c1-7(2)5-9-8(6-10)3-4-11-9/h3-4,6-8H,5H2,1-2H3. The summed E-state index contributed by atoms with van der Waals surface area (Å²) in [7, 11) is 0. The molecular formula is C8H13NOS. The third kappa shape index (κ3) is 2.34. The van der Waals surface area contributed by atoms with E-state index < -0.39 is 0 Å². The summed E-state index contributed by atoms with van der Waals surface area (Å²) in [5.41, 5.74) is 0. The summed E-state index contributed by atoms with van der Waals surface area (Å²) in [6.45, 7) is 5.28. The Labute approximate surface area is 71.8 Å². The summed E-state index contributed by atoms with van der Waals surface area (Å²) in [5.74, 6) is 0.616. The molecule has 1 aliphatic heterocycles. The number of carbonyl (C=O) groups is 1. The van der Waals surface area contributed by atoms with E-state index in [9.17, 15) is 4.79 Å². The zero-order valence-corrected chi connectivity index (χ0v) is 7.67. The lowest BCUT2D eigenvalue weighted by atomic mass is 10.2. The molecule has 0 aromatic carbocycles. The molecule has 0 N–H and O–H groups in total. The van der Waals surface area contributed by atoms with E-state index in [-0.39, 0.29) is 6.04 Å². The van der Waals surface area contributed by atoms with Gasteiger partial charge >= 0.3 is 0 Å². The van der Waals surface area contributed by atoms with E-state index in [2.05, 4.69) is 18.2 Å². The van der Waals surface area contributed by atoms with Crippen LogP contribution >= 0.6 is 11.9 Å². The molecule has 0 bridgehead atoms. The van der Waals surface area contributed by atoms with Gasteiger partial charge in [-0.05, 0) is 23.3 Å². The monoisotopic (exact) mass is 171 g/mol. The molecular weight excluding hydrogens is 158 g/mol. The average molecular weight is 171 g/mol. The van der Waals surface area contributed by atoms with E-state index in [1.807, 2.05) is 11.5 Å². The lowest BCUT2D eigenvalue weighted by molar-refractivity contribution is -0.109. The quantitative estimate of drug-likeness (QED) is 0.476. The molecule has 1 heterocycles. The number of hydrogen-bond acceptors (Lipinski definition) is 3. The molecule has 0 radical (unpaired) electrons. The fraction of sp³-hybridized carbons (Fsp3) is 0.625. The van der Waals surface area contributed by atoms with Crippen molar-refractivity contribution in [3.63, 3.8) is 0 Å². The molecule has 0 saturated carbocycles. The molecule has 62 valence electrons. The van der Waals surface area contributed by atoms with Crippen LogP contribution in [0.2, 0.25) is 0 Å². The van der Waals surface area contributed by atoms with E-state index in [1.165, 1.54) is 0 Å². The summed E-state index contributed by atoms with van der Waals surface area (Å²) in [5, 5.41) is 1.97. The second-order valence-corrected chi connectivity index (χ2v) is 4.01. The van der Waals surface area contributed by atoms with Crippen molar-refractivity contribution in [2.75, 3.05) is 6.54 Å². The summed E-state index contributed by atoms with van der Waals surface area (Å²) in [6.07, 6.45) is 2.92. The molecule has 0 aromatic heterocycles. The maximum Gasteiger partial charge on any atom is 0.141 e. The van der Waals surface area contributed by atoms with Crippen LogP contribution in [-0.4, -0.2) is 23.2 Å². The Balaban J connectivity index is 2.41. The Morgan fingerprint density at radius 2 is 2.45 bits per heavy atom. The molecule has 3 heteroatoms. The second kappa shape index (κ2) is 3.93. The van der Waals surface area contributed by atoms with Gasteiger partial charge in [-0.2, -0.15) is 0 Å². The highest BCUT2D eigenvalue weighted by molar-refractivity contribution is 8.00. The lowest BCUT2D eigenvalue weighted by Gasteiger charge is -2.19. The highest BCUT2D eigenvalue weighted by Gasteiger charge is 2.19. The molecule has 1 unspecified atom stereocenters. The Morgan fingerprint density at radius 1 is 1.73 bits per heavy atom. The zero-order chi connectivity index (χ0) is 8.27. The van der Waals surface area contributed by atoms with Gasteiger partial charge in [0.15, 0.2) is 0 Å². The molecule has 0 saturated heterocycles. The minimum Gasteiger partial charge on any atom is -0.301 e. The molecule has 0 fully saturated rings. The van der Waals surface area contributed by atoms with Gasteiger partial charge in [-0.15, -0.1) is 0 Å². The molecule has 1 aliphatic rings. The third-order valence-electron chi connectivity index (χ3n) is 1.49. The molecule has 11 heavy (non-hydrogen) atoms.